The number of methoxy groups -OCH3 is 11. The molecule has 0 N–H and O–H groups in total. The third-order valence-electron chi connectivity index (χ3n) is 10.5. The Labute approximate surface area is 363 Å². The largest absolute Gasteiger partial charge is 0.492 e. The normalized spacial score (nSPS) is 12.2. The second-order valence-corrected chi connectivity index (χ2v) is 13.4. The monoisotopic (exact) mass is 890 g/mol. The van der Waals surface area contributed by atoms with Crippen LogP contribution in [0.1, 0.15) is 5.56 Å². The van der Waals surface area contributed by atoms with Gasteiger partial charge in [0.15, 0.2) is 57.2 Å². The van der Waals surface area contributed by atoms with Crippen LogP contribution >= 0.6 is 0 Å². The minimum atomic E-state index is -0.634. The number of rotatable bonds is 16. The maximum atomic E-state index is 14.5. The maximum Gasteiger partial charge on any atom is 0.239 e. The highest BCUT2D eigenvalue weighted by Crippen LogP contribution is 2.56. The van der Waals surface area contributed by atoms with Crippen LogP contribution in [0.15, 0.2) is 36.6 Å². The Hall–Kier alpha value is -7.90. The predicted octanol–water partition coefficient (Wildman–Crippen LogP) is 6.36. The smallest absolute Gasteiger partial charge is 0.239 e. The first-order valence-corrected chi connectivity index (χ1v) is 19.0. The summed E-state index contributed by atoms with van der Waals surface area (Å²) < 4.78 is 105. The molecule has 64 heavy (non-hydrogen) atoms. The van der Waals surface area contributed by atoms with Gasteiger partial charge in [-0.05, 0) is 18.2 Å². The van der Waals surface area contributed by atoms with Crippen molar-refractivity contribution in [3.8, 4) is 115 Å². The van der Waals surface area contributed by atoms with Crippen molar-refractivity contribution in [3.05, 3.63) is 44.2 Å². The van der Waals surface area contributed by atoms with Gasteiger partial charge in [0.2, 0.25) is 81.9 Å². The fourth-order valence-corrected chi connectivity index (χ4v) is 7.84. The predicted molar refractivity (Wildman–Crippen MR) is 224 cm³/mol. The van der Waals surface area contributed by atoms with Crippen molar-refractivity contribution in [2.75, 3.05) is 91.8 Å². The van der Waals surface area contributed by atoms with Crippen molar-refractivity contribution in [1.82, 2.24) is 0 Å². The van der Waals surface area contributed by atoms with E-state index in [1.165, 1.54) is 78.2 Å². The molecule has 2 aliphatic heterocycles. The molecule has 0 atom stereocenters. The van der Waals surface area contributed by atoms with Crippen molar-refractivity contribution < 1.29 is 84.6 Å². The molecule has 0 spiro atoms. The molecule has 0 fully saturated rings. The summed E-state index contributed by atoms with van der Waals surface area (Å²) in [6, 6.07) is 4.76. The summed E-state index contributed by atoms with van der Waals surface area (Å²) >= 11 is 0. The van der Waals surface area contributed by atoms with E-state index in [-0.39, 0.29) is 157 Å². The average Bonchev–Trinajstić information content (AvgIpc) is 4.01. The maximum absolute atomic E-state index is 14.5. The average molecular weight is 891 g/mol. The van der Waals surface area contributed by atoms with Crippen LogP contribution in [0.2, 0.25) is 0 Å². The van der Waals surface area contributed by atoms with Crippen LogP contribution in [0.5, 0.6) is 92.0 Å². The molecule has 4 aromatic carbocycles. The summed E-state index contributed by atoms with van der Waals surface area (Å²) in [6.07, 6.45) is 0. The van der Waals surface area contributed by atoms with E-state index in [0.717, 1.165) is 0 Å². The zero-order valence-corrected chi connectivity index (χ0v) is 36.5. The van der Waals surface area contributed by atoms with Crippen molar-refractivity contribution in [3.63, 3.8) is 0 Å². The van der Waals surface area contributed by atoms with Gasteiger partial charge in [0.1, 0.15) is 17.4 Å². The molecule has 20 nitrogen and oxygen atoms in total. The Bertz CT molecular complexity index is 2950. The number of hydrogen-bond acceptors (Lipinski definition) is 20. The summed E-state index contributed by atoms with van der Waals surface area (Å²) in [6.45, 7) is -0.592. The van der Waals surface area contributed by atoms with Gasteiger partial charge in [-0.25, -0.2) is 0 Å². The Kier molecular flexibility index (Phi) is 11.4. The molecule has 2 aromatic heterocycles. The molecular weight excluding hydrogens is 848 g/mol. The minimum Gasteiger partial charge on any atom is -0.492 e. The van der Waals surface area contributed by atoms with Gasteiger partial charge in [-0.3, -0.25) is 9.59 Å². The fourth-order valence-electron chi connectivity index (χ4n) is 7.84. The van der Waals surface area contributed by atoms with Crippen LogP contribution in [0.4, 0.5) is 0 Å². The zero-order valence-electron chi connectivity index (χ0n) is 36.5. The quantitative estimate of drug-likeness (QED) is 0.103. The lowest BCUT2D eigenvalue weighted by Crippen LogP contribution is -2.12. The number of hydrogen-bond donors (Lipinski definition) is 0. The second-order valence-electron chi connectivity index (χ2n) is 13.4. The first kappa shape index (κ1) is 42.8. The van der Waals surface area contributed by atoms with Crippen LogP contribution in [-0.2, 0) is 6.61 Å². The van der Waals surface area contributed by atoms with Crippen molar-refractivity contribution in [1.29, 1.82) is 0 Å². The van der Waals surface area contributed by atoms with Crippen LogP contribution < -0.4 is 86.6 Å². The summed E-state index contributed by atoms with van der Waals surface area (Å²) in [5, 5.41) is -0.0706. The van der Waals surface area contributed by atoms with Gasteiger partial charge in [-0.15, -0.1) is 0 Å². The highest BCUT2D eigenvalue weighted by atomic mass is 16.7. The molecule has 4 heterocycles. The van der Waals surface area contributed by atoms with E-state index in [2.05, 4.69) is 0 Å². The number of fused-ring (bicyclic) bond motifs is 4. The first-order valence-electron chi connectivity index (χ1n) is 19.0. The van der Waals surface area contributed by atoms with Gasteiger partial charge in [0.05, 0.1) is 78.2 Å². The van der Waals surface area contributed by atoms with E-state index < -0.39 is 10.9 Å². The fraction of sp³-hybridized carbons (Fsp3) is 0.318. The van der Waals surface area contributed by atoms with Gasteiger partial charge in [0, 0.05) is 16.7 Å². The van der Waals surface area contributed by atoms with Crippen molar-refractivity contribution in [2.45, 2.75) is 6.61 Å². The summed E-state index contributed by atoms with van der Waals surface area (Å²) in [5.74, 6) is 1.38. The molecule has 6 aromatic rings. The Morgan fingerprint density at radius 2 is 0.859 bits per heavy atom. The molecular formula is C44H42O20. The minimum absolute atomic E-state index is 0.0202. The van der Waals surface area contributed by atoms with Crippen molar-refractivity contribution in [2.24, 2.45) is 0 Å². The molecule has 20 heteroatoms. The zero-order chi connectivity index (χ0) is 45.6. The van der Waals surface area contributed by atoms with Crippen LogP contribution in [0.25, 0.3) is 44.6 Å². The third-order valence-corrected chi connectivity index (χ3v) is 10.5. The molecule has 2 aliphatic rings. The highest BCUT2D eigenvalue weighted by molar-refractivity contribution is 5.98. The molecule has 8 rings (SSSR count). The van der Waals surface area contributed by atoms with Crippen molar-refractivity contribution >= 4 is 21.9 Å². The van der Waals surface area contributed by atoms with E-state index in [9.17, 15) is 9.59 Å². The Morgan fingerprint density at radius 3 is 1.34 bits per heavy atom. The molecule has 0 saturated carbocycles. The van der Waals surface area contributed by atoms with Crippen LogP contribution in [0, 0.1) is 0 Å². The van der Waals surface area contributed by atoms with E-state index in [1.54, 1.807) is 18.2 Å². The molecule has 0 saturated heterocycles. The van der Waals surface area contributed by atoms with E-state index in [0.29, 0.717) is 5.56 Å². The lowest BCUT2D eigenvalue weighted by molar-refractivity contribution is 0.168. The summed E-state index contributed by atoms with van der Waals surface area (Å²) in [5.41, 5.74) is -0.491. The lowest BCUT2D eigenvalue weighted by atomic mass is 10.0. The molecule has 0 amide bonds. The van der Waals surface area contributed by atoms with Crippen LogP contribution in [-0.4, -0.2) is 91.8 Å². The third kappa shape index (κ3) is 6.34. The molecule has 338 valence electrons. The molecule has 0 unspecified atom stereocenters. The summed E-state index contributed by atoms with van der Waals surface area (Å²) in [7, 11) is 15.2. The SMILES string of the molecule is COc1c(COc2cc(-c3oc4c(OC)c(OC)c(OC)c(OC)c4c(=O)c3OC)cc3c2OCO3)c(-c2oc3c(OC)c(OC)c(OC)c(OC)c3c(=O)c2OC)cc2c1OCO2. The van der Waals surface area contributed by atoms with Gasteiger partial charge in [-0.1, -0.05) is 0 Å². The van der Waals surface area contributed by atoms with E-state index >= 15 is 0 Å². The lowest BCUT2D eigenvalue weighted by Gasteiger charge is -2.21. The molecule has 0 aliphatic carbocycles. The second kappa shape index (κ2) is 17.1. The van der Waals surface area contributed by atoms with E-state index in [1.807, 2.05) is 0 Å². The van der Waals surface area contributed by atoms with Gasteiger partial charge >= 0.3 is 0 Å². The van der Waals surface area contributed by atoms with E-state index in [4.69, 9.17) is 84.6 Å². The number of ether oxygens (including phenoxy) is 16. The molecule has 0 radical (unpaired) electrons. The standard InChI is InChI=1S/C44H42O20/c1-47-29-20(19(14-23-32(29)62-17-60-23)30-38(51-5)27(46)25-34(49-3)40(53-7)44(57-11)42(55-9)36(25)64-30)15-58-21-12-18(13-22-31(21)61-16-59-22)28-37(50-4)26(45)24-33(48-2)39(52-6)43(56-10)41(54-8)35(24)63-28/h12-14H,15-17H2,1-11H3. The molecule has 0 bridgehead atoms. The number of benzene rings is 4. The highest BCUT2D eigenvalue weighted by Gasteiger charge is 2.35. The summed E-state index contributed by atoms with van der Waals surface area (Å²) in [4.78, 5) is 28.8. The van der Waals surface area contributed by atoms with Gasteiger partial charge < -0.3 is 84.6 Å². The van der Waals surface area contributed by atoms with Gasteiger partial charge in [0.25, 0.3) is 0 Å². The topological polar surface area (TPSA) is 208 Å². The Morgan fingerprint density at radius 1 is 0.438 bits per heavy atom. The van der Waals surface area contributed by atoms with Crippen LogP contribution in [0.3, 0.4) is 0 Å². The van der Waals surface area contributed by atoms with Gasteiger partial charge in [-0.2, -0.15) is 0 Å². The Balaban J connectivity index is 1.34. The first-order chi connectivity index (χ1) is 31.1.